The van der Waals surface area contributed by atoms with E-state index < -0.39 is 16.1 Å². The summed E-state index contributed by atoms with van der Waals surface area (Å²) in [6, 6.07) is 9.47. The number of benzene rings is 2. The van der Waals surface area contributed by atoms with E-state index in [0.717, 1.165) is 24.0 Å². The van der Waals surface area contributed by atoms with Crippen LogP contribution in [0.1, 0.15) is 60.2 Å². The average Bonchev–Trinajstić information content (AvgIpc) is 3.25. The second kappa shape index (κ2) is 9.95. The minimum Gasteiger partial charge on any atom is -0.352 e. The number of sulfonamides is 1. The third-order valence-corrected chi connectivity index (χ3v) is 7.78. The van der Waals surface area contributed by atoms with Gasteiger partial charge in [0, 0.05) is 23.8 Å². The highest BCUT2D eigenvalue weighted by molar-refractivity contribution is 7.92. The largest absolute Gasteiger partial charge is 0.352 e. The predicted molar refractivity (Wildman–Crippen MR) is 130 cm³/mol. The molecule has 2 atom stereocenters. The number of carbonyl (C=O) groups excluding carboxylic acids is 2. The summed E-state index contributed by atoms with van der Waals surface area (Å²) in [5.74, 6) is -0.419. The van der Waals surface area contributed by atoms with Gasteiger partial charge >= 0.3 is 0 Å². The second-order valence-corrected chi connectivity index (χ2v) is 10.5. The Hall–Kier alpha value is -2.87. The van der Waals surface area contributed by atoms with Gasteiger partial charge in [0.2, 0.25) is 5.91 Å². The number of carbonyl (C=O) groups is 2. The molecule has 33 heavy (non-hydrogen) atoms. The fourth-order valence-electron chi connectivity index (χ4n) is 4.04. The van der Waals surface area contributed by atoms with Crippen molar-refractivity contribution in [2.75, 3.05) is 11.3 Å². The van der Waals surface area contributed by atoms with Crippen LogP contribution in [0.3, 0.4) is 0 Å². The van der Waals surface area contributed by atoms with Gasteiger partial charge in [-0.25, -0.2) is 8.42 Å². The number of aryl methyl sites for hydroxylation is 3. The third kappa shape index (κ3) is 5.55. The van der Waals surface area contributed by atoms with Crippen molar-refractivity contribution in [1.82, 2.24) is 10.2 Å². The van der Waals surface area contributed by atoms with Gasteiger partial charge in [0.05, 0.1) is 4.90 Å². The molecule has 2 amide bonds. The van der Waals surface area contributed by atoms with Crippen LogP contribution in [-0.2, 0) is 14.8 Å². The lowest BCUT2D eigenvalue weighted by Crippen LogP contribution is -2.48. The molecular weight excluding hydrogens is 438 g/mol. The van der Waals surface area contributed by atoms with E-state index in [-0.39, 0.29) is 22.8 Å². The van der Waals surface area contributed by atoms with Crippen LogP contribution in [0.15, 0.2) is 41.3 Å². The first kappa shape index (κ1) is 24.8. The number of likely N-dealkylation sites (tertiary alicyclic amines) is 1. The highest BCUT2D eigenvalue weighted by atomic mass is 32.2. The lowest BCUT2D eigenvalue weighted by molar-refractivity contribution is -0.125. The summed E-state index contributed by atoms with van der Waals surface area (Å²) in [5, 5.41) is 2.96. The molecule has 1 fully saturated rings. The molecule has 2 aromatic carbocycles. The SMILES string of the molecule is CC[C@@H](C)NC(=O)[C@@H]1CCCN1C(=O)c1cccc(NS(=O)(=O)c2cc(C)c(C)cc2C)c1. The molecule has 1 heterocycles. The predicted octanol–water partition coefficient (Wildman–Crippen LogP) is 3.93. The molecule has 3 rings (SSSR count). The molecule has 0 bridgehead atoms. The fourth-order valence-corrected chi connectivity index (χ4v) is 5.40. The zero-order valence-electron chi connectivity index (χ0n) is 19.9. The number of anilines is 1. The molecule has 0 unspecified atom stereocenters. The average molecular weight is 472 g/mol. The third-order valence-electron chi connectivity index (χ3n) is 6.26. The molecule has 178 valence electrons. The van der Waals surface area contributed by atoms with Crippen molar-refractivity contribution < 1.29 is 18.0 Å². The van der Waals surface area contributed by atoms with Crippen molar-refractivity contribution in [1.29, 1.82) is 0 Å². The molecule has 0 aliphatic carbocycles. The van der Waals surface area contributed by atoms with Crippen molar-refractivity contribution >= 4 is 27.5 Å². The highest BCUT2D eigenvalue weighted by Gasteiger charge is 2.35. The van der Waals surface area contributed by atoms with Gasteiger partial charge < -0.3 is 10.2 Å². The molecule has 1 saturated heterocycles. The maximum Gasteiger partial charge on any atom is 0.262 e. The van der Waals surface area contributed by atoms with Crippen LogP contribution in [0, 0.1) is 20.8 Å². The van der Waals surface area contributed by atoms with E-state index in [2.05, 4.69) is 10.0 Å². The Morgan fingerprint density at radius 3 is 2.48 bits per heavy atom. The topological polar surface area (TPSA) is 95.6 Å². The molecule has 2 N–H and O–H groups in total. The molecule has 0 radical (unpaired) electrons. The van der Waals surface area contributed by atoms with Crippen LogP contribution in [0.5, 0.6) is 0 Å². The molecule has 0 saturated carbocycles. The van der Waals surface area contributed by atoms with Crippen molar-refractivity contribution in [2.45, 2.75) is 70.9 Å². The summed E-state index contributed by atoms with van der Waals surface area (Å²) in [6.45, 7) is 10.0. The highest BCUT2D eigenvalue weighted by Crippen LogP contribution is 2.25. The van der Waals surface area contributed by atoms with E-state index in [1.165, 1.54) is 6.07 Å². The Labute approximate surface area is 196 Å². The molecule has 7 nitrogen and oxygen atoms in total. The van der Waals surface area contributed by atoms with Gasteiger partial charge in [0.25, 0.3) is 15.9 Å². The van der Waals surface area contributed by atoms with E-state index >= 15 is 0 Å². The van der Waals surface area contributed by atoms with Crippen molar-refractivity contribution in [3.8, 4) is 0 Å². The normalized spacial score (nSPS) is 17.0. The quantitative estimate of drug-likeness (QED) is 0.640. The van der Waals surface area contributed by atoms with Crippen LogP contribution in [-0.4, -0.2) is 43.8 Å². The molecule has 8 heteroatoms. The summed E-state index contributed by atoms with van der Waals surface area (Å²) >= 11 is 0. The lowest BCUT2D eigenvalue weighted by atomic mass is 10.1. The number of hydrogen-bond donors (Lipinski definition) is 2. The number of hydrogen-bond acceptors (Lipinski definition) is 4. The number of amides is 2. The van der Waals surface area contributed by atoms with E-state index in [1.807, 2.05) is 33.8 Å². The van der Waals surface area contributed by atoms with Crippen LogP contribution >= 0.6 is 0 Å². The van der Waals surface area contributed by atoms with Gasteiger partial charge in [0.15, 0.2) is 0 Å². The zero-order valence-corrected chi connectivity index (χ0v) is 20.8. The molecule has 2 aromatic rings. The number of rotatable bonds is 7. The van der Waals surface area contributed by atoms with E-state index in [0.29, 0.717) is 29.8 Å². The van der Waals surface area contributed by atoms with Gasteiger partial charge in [-0.1, -0.05) is 19.1 Å². The summed E-state index contributed by atoms with van der Waals surface area (Å²) in [4.78, 5) is 27.7. The summed E-state index contributed by atoms with van der Waals surface area (Å²) in [7, 11) is -3.82. The first-order valence-electron chi connectivity index (χ1n) is 11.4. The van der Waals surface area contributed by atoms with Gasteiger partial charge in [-0.3, -0.25) is 14.3 Å². The van der Waals surface area contributed by atoms with Gasteiger partial charge in [-0.15, -0.1) is 0 Å². The van der Waals surface area contributed by atoms with Crippen molar-refractivity contribution in [2.24, 2.45) is 0 Å². The lowest BCUT2D eigenvalue weighted by Gasteiger charge is -2.25. The second-order valence-electron chi connectivity index (χ2n) is 8.86. The Morgan fingerprint density at radius 2 is 1.79 bits per heavy atom. The van der Waals surface area contributed by atoms with Crippen molar-refractivity contribution in [3.05, 3.63) is 58.7 Å². The van der Waals surface area contributed by atoms with E-state index in [4.69, 9.17) is 0 Å². The van der Waals surface area contributed by atoms with Gasteiger partial charge in [-0.05, 0) is 87.9 Å². The maximum atomic E-state index is 13.2. The van der Waals surface area contributed by atoms with Crippen LogP contribution in [0.25, 0.3) is 0 Å². The summed E-state index contributed by atoms with van der Waals surface area (Å²) in [6.07, 6.45) is 2.18. The summed E-state index contributed by atoms with van der Waals surface area (Å²) < 4.78 is 28.7. The first-order chi connectivity index (χ1) is 15.5. The number of nitrogens with zero attached hydrogens (tertiary/aromatic N) is 1. The monoisotopic (exact) mass is 471 g/mol. The zero-order chi connectivity index (χ0) is 24.3. The van der Waals surface area contributed by atoms with Crippen LogP contribution < -0.4 is 10.0 Å². The fraction of sp³-hybridized carbons (Fsp3) is 0.440. The number of nitrogens with one attached hydrogen (secondary N) is 2. The first-order valence-corrected chi connectivity index (χ1v) is 12.8. The molecule has 0 aromatic heterocycles. The minimum atomic E-state index is -3.82. The Balaban J connectivity index is 1.81. The smallest absolute Gasteiger partial charge is 0.262 e. The molecule has 1 aliphatic rings. The molecular formula is C25H33N3O4S. The maximum absolute atomic E-state index is 13.2. The standard InChI is InChI=1S/C25H33N3O4S/c1-6-19(5)26-24(29)22-11-8-12-28(22)25(30)20-9-7-10-21(15-20)27-33(31,32)23-14-17(3)16(2)13-18(23)4/h7,9-10,13-15,19,22,27H,6,8,11-12H2,1-5H3,(H,26,29)/t19-,22+/m1/s1. The van der Waals surface area contributed by atoms with Crippen LogP contribution in [0.2, 0.25) is 0 Å². The van der Waals surface area contributed by atoms with Crippen molar-refractivity contribution in [3.63, 3.8) is 0 Å². The van der Waals surface area contributed by atoms with E-state index in [9.17, 15) is 18.0 Å². The van der Waals surface area contributed by atoms with Gasteiger partial charge in [0.1, 0.15) is 6.04 Å². The van der Waals surface area contributed by atoms with Crippen LogP contribution in [0.4, 0.5) is 5.69 Å². The summed E-state index contributed by atoms with van der Waals surface area (Å²) in [5.41, 5.74) is 3.22. The van der Waals surface area contributed by atoms with Gasteiger partial charge in [-0.2, -0.15) is 0 Å². The minimum absolute atomic E-state index is 0.0432. The van der Waals surface area contributed by atoms with E-state index in [1.54, 1.807) is 36.1 Å². The Morgan fingerprint density at radius 1 is 1.09 bits per heavy atom. The Bertz CT molecular complexity index is 1160. The molecule has 0 spiro atoms. The Kier molecular flexibility index (Phi) is 7.47. The molecule has 1 aliphatic heterocycles.